The number of unbranched alkanes of at least 4 members (excludes halogenated alkanes) is 2. The van der Waals surface area contributed by atoms with Crippen LogP contribution in [0.1, 0.15) is 37.8 Å². The number of nitrogen functional groups attached to an aromatic ring is 1. The van der Waals surface area contributed by atoms with Gasteiger partial charge in [-0.15, -0.1) is 0 Å². The first-order valence-electron chi connectivity index (χ1n) is 13.8. The Labute approximate surface area is 234 Å². The average Bonchev–Trinajstić information content (AvgIpc) is 3.28. The summed E-state index contributed by atoms with van der Waals surface area (Å²) in [4.78, 5) is 0. The summed E-state index contributed by atoms with van der Waals surface area (Å²) in [5.41, 5.74) is 8.23. The van der Waals surface area contributed by atoms with Crippen molar-refractivity contribution in [3.05, 3.63) is 77.4 Å². The molecule has 1 unspecified atom stereocenters. The molecule has 1 aliphatic heterocycles. The van der Waals surface area contributed by atoms with Crippen LogP contribution in [0.5, 0.6) is 28.7 Å². The third-order valence-electron chi connectivity index (χ3n) is 7.37. The Balaban J connectivity index is 1.06. The average molecular weight is 548 g/mol. The van der Waals surface area contributed by atoms with Gasteiger partial charge in [-0.3, -0.25) is 0 Å². The van der Waals surface area contributed by atoms with Crippen molar-refractivity contribution in [1.82, 2.24) is 4.57 Å². The zero-order chi connectivity index (χ0) is 27.9. The predicted octanol–water partition coefficient (Wildman–Crippen LogP) is 5.75. The molecule has 2 N–H and O–H groups in total. The second-order valence-corrected chi connectivity index (χ2v) is 9.99. The highest BCUT2D eigenvalue weighted by Gasteiger charge is 2.37. The molecule has 0 radical (unpaired) electrons. The number of ether oxygens (including phenoxy) is 5. The van der Waals surface area contributed by atoms with Crippen LogP contribution in [0.2, 0.25) is 0 Å². The Bertz CT molecular complexity index is 1350. The Kier molecular flexibility index (Phi) is 8.81. The van der Waals surface area contributed by atoms with Gasteiger partial charge in [-0.1, -0.05) is 0 Å². The van der Waals surface area contributed by atoms with E-state index < -0.39 is 0 Å². The van der Waals surface area contributed by atoms with Gasteiger partial charge in [0.05, 0.1) is 38.5 Å². The van der Waals surface area contributed by atoms with E-state index in [1.807, 2.05) is 48.7 Å². The van der Waals surface area contributed by atoms with E-state index in [1.165, 1.54) is 0 Å². The first-order chi connectivity index (χ1) is 19.6. The van der Waals surface area contributed by atoms with Crippen molar-refractivity contribution in [2.45, 2.75) is 44.8 Å². The second-order valence-electron chi connectivity index (χ2n) is 9.99. The lowest BCUT2D eigenvalue weighted by Gasteiger charge is -2.29. The lowest BCUT2D eigenvalue weighted by Crippen LogP contribution is -2.33. The summed E-state index contributed by atoms with van der Waals surface area (Å²) in [6.07, 6.45) is 10.2. The molecule has 2 aliphatic rings. The van der Waals surface area contributed by atoms with Gasteiger partial charge in [-0.05, 0) is 80.6 Å². The van der Waals surface area contributed by atoms with E-state index in [2.05, 4.69) is 10.6 Å². The number of hydrogen-bond acceptors (Lipinski definition) is 7. The van der Waals surface area contributed by atoms with Gasteiger partial charge in [0.1, 0.15) is 28.7 Å². The Morgan fingerprint density at radius 1 is 0.925 bits per heavy atom. The third kappa shape index (κ3) is 6.37. The van der Waals surface area contributed by atoms with Crippen LogP contribution in [0.4, 0.5) is 5.69 Å². The highest BCUT2D eigenvalue weighted by atomic mass is 16.5. The monoisotopic (exact) mass is 547 g/mol. The first kappa shape index (κ1) is 27.5. The van der Waals surface area contributed by atoms with Crippen LogP contribution in [-0.4, -0.2) is 49.1 Å². The van der Waals surface area contributed by atoms with Crippen molar-refractivity contribution < 1.29 is 28.4 Å². The van der Waals surface area contributed by atoms with Crippen molar-refractivity contribution in [2.75, 3.05) is 33.2 Å². The minimum atomic E-state index is 0.0133. The summed E-state index contributed by atoms with van der Waals surface area (Å²) in [6, 6.07) is 14.7. The fraction of sp³-hybridized carbons (Fsp3) is 0.387. The maximum absolute atomic E-state index is 12.9. The van der Waals surface area contributed by atoms with E-state index in [0.717, 1.165) is 54.0 Å². The Morgan fingerprint density at radius 3 is 2.50 bits per heavy atom. The number of nitrogens with zero attached hydrogens (tertiary/aromatic N) is 2. The highest BCUT2D eigenvalue weighted by molar-refractivity contribution is 5.78. The minimum Gasteiger partial charge on any atom is -0.618 e. The molecule has 2 heterocycles. The molecule has 0 amide bonds. The lowest BCUT2D eigenvalue weighted by molar-refractivity contribution is -0.409. The SMILES string of the molecule is COc1ccc(Oc2cc(OCCCCCOC3CCC=C4[C@@H]3Cn3ccc(OC)c3C=[N+]4[O-])ccc2N)cc1. The molecule has 2 atom stereocenters. The van der Waals surface area contributed by atoms with E-state index in [1.54, 1.807) is 26.5 Å². The number of allylic oxidation sites excluding steroid dienone is 1. The summed E-state index contributed by atoms with van der Waals surface area (Å²) in [7, 11) is 3.25. The summed E-state index contributed by atoms with van der Waals surface area (Å²) < 4.78 is 31.9. The number of methoxy groups -OCH3 is 2. The van der Waals surface area contributed by atoms with Gasteiger partial charge in [0.15, 0.2) is 11.4 Å². The molecule has 0 saturated heterocycles. The summed E-state index contributed by atoms with van der Waals surface area (Å²) in [5, 5.41) is 12.9. The van der Waals surface area contributed by atoms with Gasteiger partial charge in [0, 0.05) is 25.4 Å². The van der Waals surface area contributed by atoms with Crippen LogP contribution in [0.3, 0.4) is 0 Å². The lowest BCUT2D eigenvalue weighted by atomic mass is 9.89. The zero-order valence-corrected chi connectivity index (χ0v) is 23.1. The molecule has 40 heavy (non-hydrogen) atoms. The Hall–Kier alpha value is -4.11. The Morgan fingerprint density at radius 2 is 1.70 bits per heavy atom. The molecule has 0 spiro atoms. The molecule has 212 valence electrons. The topological polar surface area (TPSA) is 103 Å². The summed E-state index contributed by atoms with van der Waals surface area (Å²) in [6.45, 7) is 1.94. The smallest absolute Gasteiger partial charge is 0.208 e. The molecular weight excluding hydrogens is 510 g/mol. The van der Waals surface area contributed by atoms with Crippen molar-refractivity contribution in [3.8, 4) is 28.7 Å². The molecule has 9 heteroatoms. The van der Waals surface area contributed by atoms with Gasteiger partial charge < -0.3 is 39.2 Å². The number of fused-ring (bicyclic) bond motifs is 2. The molecule has 1 aliphatic carbocycles. The number of hydroxylamine groups is 1. The van der Waals surface area contributed by atoms with Crippen molar-refractivity contribution in [3.63, 3.8) is 0 Å². The maximum atomic E-state index is 12.9. The zero-order valence-electron chi connectivity index (χ0n) is 23.1. The highest BCUT2D eigenvalue weighted by Crippen LogP contribution is 2.34. The number of hydrogen-bond donors (Lipinski definition) is 1. The van der Waals surface area contributed by atoms with Crippen LogP contribution in [-0.2, 0) is 11.3 Å². The molecule has 5 rings (SSSR count). The normalized spacial score (nSPS) is 18.1. The van der Waals surface area contributed by atoms with Crippen LogP contribution in [0.25, 0.3) is 0 Å². The molecule has 9 nitrogen and oxygen atoms in total. The number of aromatic nitrogens is 1. The number of benzene rings is 2. The van der Waals surface area contributed by atoms with Crippen molar-refractivity contribution >= 4 is 11.9 Å². The van der Waals surface area contributed by atoms with E-state index in [-0.39, 0.29) is 12.0 Å². The molecule has 2 aromatic carbocycles. The van der Waals surface area contributed by atoms with E-state index in [0.29, 0.717) is 48.4 Å². The van der Waals surface area contributed by atoms with Gasteiger partial charge >= 0.3 is 0 Å². The van der Waals surface area contributed by atoms with E-state index >= 15 is 0 Å². The molecule has 3 aromatic rings. The molecule has 0 bridgehead atoms. The molecule has 1 aromatic heterocycles. The van der Waals surface area contributed by atoms with E-state index in [9.17, 15) is 5.21 Å². The first-order valence-corrected chi connectivity index (χ1v) is 13.8. The molecule has 0 fully saturated rings. The maximum Gasteiger partial charge on any atom is 0.208 e. The summed E-state index contributed by atoms with van der Waals surface area (Å²) >= 11 is 0. The van der Waals surface area contributed by atoms with Gasteiger partial charge in [0.2, 0.25) is 6.21 Å². The van der Waals surface area contributed by atoms with Gasteiger partial charge in [-0.2, -0.15) is 4.74 Å². The molecular formula is C31H37N3O6. The largest absolute Gasteiger partial charge is 0.618 e. The number of rotatable bonds is 12. The molecule has 0 saturated carbocycles. The number of anilines is 1. The second kappa shape index (κ2) is 12.8. The van der Waals surface area contributed by atoms with Crippen molar-refractivity contribution in [1.29, 1.82) is 0 Å². The fourth-order valence-corrected chi connectivity index (χ4v) is 5.20. The van der Waals surface area contributed by atoms with Crippen LogP contribution >= 0.6 is 0 Å². The van der Waals surface area contributed by atoms with Crippen LogP contribution < -0.4 is 24.7 Å². The quantitative estimate of drug-likeness (QED) is 0.133. The number of nitrogens with two attached hydrogens (primary N) is 1. The fourth-order valence-electron chi connectivity index (χ4n) is 5.20. The third-order valence-corrected chi connectivity index (χ3v) is 7.37. The van der Waals surface area contributed by atoms with Crippen LogP contribution in [0.15, 0.2) is 66.5 Å². The van der Waals surface area contributed by atoms with Gasteiger partial charge in [0.25, 0.3) is 0 Å². The predicted molar refractivity (Wildman–Crippen MR) is 154 cm³/mol. The summed E-state index contributed by atoms with van der Waals surface area (Å²) in [5.74, 6) is 3.42. The standard InChI is InChI=1S/C31H37N3O6/c1-36-22-9-11-23(12-10-22)40-31-19-24(13-14-26(31)32)38-17-4-3-5-18-39-29-8-6-7-27-25(29)20-33-16-15-30(37-2)28(33)21-34(27)35/h7,9-16,19,21,25,29H,3-6,8,17-18,20,32H2,1-2H3/t25-,29?/m0/s1. The minimum absolute atomic E-state index is 0.0133. The van der Waals surface area contributed by atoms with Gasteiger partial charge in [-0.25, -0.2) is 0 Å². The van der Waals surface area contributed by atoms with Crippen molar-refractivity contribution in [2.24, 2.45) is 5.92 Å². The van der Waals surface area contributed by atoms with E-state index in [4.69, 9.17) is 29.4 Å². The van der Waals surface area contributed by atoms with Crippen LogP contribution in [0, 0.1) is 11.1 Å².